The molecule has 42 heavy (non-hydrogen) atoms. The molecule has 1 fully saturated rings. The van der Waals surface area contributed by atoms with E-state index in [1.165, 1.54) is 18.5 Å². The molecule has 13 heteroatoms. The van der Waals surface area contributed by atoms with Crippen LogP contribution in [0, 0.1) is 5.82 Å². The summed E-state index contributed by atoms with van der Waals surface area (Å²) in [4.78, 5) is 23.2. The molecule has 3 heterocycles. The van der Waals surface area contributed by atoms with E-state index in [1.54, 1.807) is 25.3 Å². The molecule has 0 spiro atoms. The van der Waals surface area contributed by atoms with Crippen LogP contribution in [0.5, 0.6) is 23.1 Å². The van der Waals surface area contributed by atoms with E-state index in [4.69, 9.17) is 23.5 Å². The minimum Gasteiger partial charge on any atom is -0.493 e. The number of carbonyl (C=O) groups is 1. The molecule has 0 atom stereocenters. The molecule has 0 radical (unpaired) electrons. The predicted octanol–water partition coefficient (Wildman–Crippen LogP) is 5.21. The van der Waals surface area contributed by atoms with Crippen LogP contribution in [-0.2, 0) is 10.2 Å². The predicted molar refractivity (Wildman–Crippen MR) is 153 cm³/mol. The van der Waals surface area contributed by atoms with E-state index >= 15 is 4.39 Å². The van der Waals surface area contributed by atoms with Crippen molar-refractivity contribution in [3.05, 3.63) is 54.3 Å². The third-order valence-electron chi connectivity index (χ3n) is 6.54. The number of fused-ring (bicyclic) bond motifs is 1. The highest BCUT2D eigenvalue weighted by molar-refractivity contribution is 5.99. The molecule has 5 rings (SSSR count). The van der Waals surface area contributed by atoms with Gasteiger partial charge in [-0.05, 0) is 18.2 Å². The molecule has 0 aliphatic carbocycles. The Bertz CT molecular complexity index is 1550. The second-order valence-electron chi connectivity index (χ2n) is 10.7. The van der Waals surface area contributed by atoms with Gasteiger partial charge in [-0.3, -0.25) is 10.2 Å². The number of hydrogen-bond acceptors (Lipinski definition) is 10. The highest BCUT2D eigenvalue weighted by Crippen LogP contribution is 2.37. The SMILES string of the molecule is COc1cc2ncnc(Oc3ccc(NC(=O)Nc4cc(C(C)(C)C)on4)cc3F)c2cc1OCCN1CCOCC1. The van der Waals surface area contributed by atoms with Crippen LogP contribution in [-0.4, -0.2) is 72.6 Å². The van der Waals surface area contributed by atoms with E-state index in [-0.39, 0.29) is 28.5 Å². The van der Waals surface area contributed by atoms with Crippen molar-refractivity contribution < 1.29 is 32.7 Å². The van der Waals surface area contributed by atoms with Gasteiger partial charge in [0.05, 0.1) is 31.2 Å². The zero-order valence-electron chi connectivity index (χ0n) is 23.9. The lowest BCUT2D eigenvalue weighted by molar-refractivity contribution is 0.0321. The third-order valence-corrected chi connectivity index (χ3v) is 6.54. The van der Waals surface area contributed by atoms with Gasteiger partial charge in [0.25, 0.3) is 0 Å². The highest BCUT2D eigenvalue weighted by atomic mass is 19.1. The number of anilines is 2. The van der Waals surface area contributed by atoms with Gasteiger partial charge in [0.2, 0.25) is 5.88 Å². The molecule has 1 aliphatic rings. The van der Waals surface area contributed by atoms with Gasteiger partial charge < -0.3 is 28.8 Å². The van der Waals surface area contributed by atoms with E-state index in [2.05, 4.69) is 30.7 Å². The van der Waals surface area contributed by atoms with Gasteiger partial charge in [0.15, 0.2) is 28.9 Å². The fourth-order valence-corrected chi connectivity index (χ4v) is 4.24. The number of hydrogen-bond donors (Lipinski definition) is 2. The number of methoxy groups -OCH3 is 1. The fraction of sp³-hybridized carbons (Fsp3) is 0.379. The van der Waals surface area contributed by atoms with E-state index in [9.17, 15) is 4.79 Å². The van der Waals surface area contributed by atoms with Crippen molar-refractivity contribution in [2.75, 3.05) is 57.2 Å². The Balaban J connectivity index is 1.27. The number of nitrogens with one attached hydrogen (secondary N) is 2. The molecule has 12 nitrogen and oxygen atoms in total. The van der Waals surface area contributed by atoms with Crippen LogP contribution in [0.25, 0.3) is 10.9 Å². The Morgan fingerprint density at radius 2 is 1.86 bits per heavy atom. The number of nitrogens with zero attached hydrogens (tertiary/aromatic N) is 4. The lowest BCUT2D eigenvalue weighted by Gasteiger charge is -2.26. The summed E-state index contributed by atoms with van der Waals surface area (Å²) >= 11 is 0. The molecular formula is C29H33FN6O6. The number of morpholine rings is 1. The summed E-state index contributed by atoms with van der Waals surface area (Å²) in [7, 11) is 1.55. The fourth-order valence-electron chi connectivity index (χ4n) is 4.24. The number of ether oxygens (including phenoxy) is 4. The second kappa shape index (κ2) is 12.6. The van der Waals surface area contributed by atoms with Crippen LogP contribution in [0.1, 0.15) is 26.5 Å². The van der Waals surface area contributed by atoms with E-state index < -0.39 is 11.8 Å². The first-order chi connectivity index (χ1) is 20.2. The van der Waals surface area contributed by atoms with Gasteiger partial charge in [-0.2, -0.15) is 0 Å². The maximum Gasteiger partial charge on any atom is 0.324 e. The lowest BCUT2D eigenvalue weighted by Crippen LogP contribution is -2.38. The molecule has 1 saturated heterocycles. The first-order valence-corrected chi connectivity index (χ1v) is 13.5. The third kappa shape index (κ3) is 7.04. The van der Waals surface area contributed by atoms with Crippen LogP contribution in [0.2, 0.25) is 0 Å². The summed E-state index contributed by atoms with van der Waals surface area (Å²) in [5.74, 6) is 1.21. The maximum atomic E-state index is 15.1. The smallest absolute Gasteiger partial charge is 0.324 e. The van der Waals surface area contributed by atoms with Gasteiger partial charge in [0.1, 0.15) is 18.7 Å². The van der Waals surface area contributed by atoms with Crippen LogP contribution >= 0.6 is 0 Å². The zero-order chi connectivity index (χ0) is 29.7. The van der Waals surface area contributed by atoms with Crippen molar-refractivity contribution in [1.82, 2.24) is 20.0 Å². The summed E-state index contributed by atoms with van der Waals surface area (Å²) < 4.78 is 43.1. The van der Waals surface area contributed by atoms with Crippen molar-refractivity contribution >= 4 is 28.4 Å². The molecular weight excluding hydrogens is 547 g/mol. The van der Waals surface area contributed by atoms with Gasteiger partial charge in [-0.1, -0.05) is 25.9 Å². The van der Waals surface area contributed by atoms with Crippen LogP contribution in [0.3, 0.4) is 0 Å². The van der Waals surface area contributed by atoms with Crippen molar-refractivity contribution in [3.63, 3.8) is 0 Å². The first-order valence-electron chi connectivity index (χ1n) is 13.5. The van der Waals surface area contributed by atoms with E-state index in [0.29, 0.717) is 48.0 Å². The minimum absolute atomic E-state index is 0.0853. The average Bonchev–Trinajstić information content (AvgIpc) is 3.44. The Morgan fingerprint density at radius 3 is 2.57 bits per heavy atom. The second-order valence-corrected chi connectivity index (χ2v) is 10.7. The quantitative estimate of drug-likeness (QED) is 0.272. The summed E-state index contributed by atoms with van der Waals surface area (Å²) in [6.45, 7) is 10.2. The number of rotatable bonds is 9. The number of carbonyl (C=O) groups excluding carboxylic acids is 1. The van der Waals surface area contributed by atoms with Crippen LogP contribution in [0.4, 0.5) is 20.7 Å². The Hall–Kier alpha value is -4.49. The number of benzene rings is 2. The van der Waals surface area contributed by atoms with E-state index in [1.807, 2.05) is 20.8 Å². The largest absolute Gasteiger partial charge is 0.493 e. The molecule has 2 amide bonds. The van der Waals surface area contributed by atoms with E-state index in [0.717, 1.165) is 25.7 Å². The molecule has 2 N–H and O–H groups in total. The van der Waals surface area contributed by atoms with Crippen LogP contribution < -0.4 is 24.8 Å². The van der Waals surface area contributed by atoms with Gasteiger partial charge in [0, 0.05) is 48.9 Å². The van der Waals surface area contributed by atoms with Crippen molar-refractivity contribution in [2.45, 2.75) is 26.2 Å². The Labute approximate surface area is 242 Å². The molecule has 4 aromatic rings. The minimum atomic E-state index is -0.702. The van der Waals surface area contributed by atoms with Crippen molar-refractivity contribution in [2.24, 2.45) is 0 Å². The summed E-state index contributed by atoms with van der Waals surface area (Å²) in [6, 6.07) is 8.52. The lowest BCUT2D eigenvalue weighted by atomic mass is 9.93. The molecule has 2 aromatic heterocycles. The molecule has 222 valence electrons. The average molecular weight is 581 g/mol. The Kier molecular flexibility index (Phi) is 8.69. The van der Waals surface area contributed by atoms with Crippen molar-refractivity contribution in [3.8, 4) is 23.1 Å². The number of aromatic nitrogens is 3. The standard InChI is InChI=1S/C29H33FN6O6/c1-29(2,3)25-16-26(35-42-25)34-28(37)33-18-5-6-22(20(30)13-18)41-27-19-14-24(23(38-4)15-21(19)31-17-32-27)40-12-9-36-7-10-39-11-8-36/h5-6,13-17H,7-12H2,1-4H3,(H2,33,34,35,37). The van der Waals surface area contributed by atoms with Gasteiger partial charge >= 0.3 is 6.03 Å². The Morgan fingerprint density at radius 1 is 1.05 bits per heavy atom. The topological polar surface area (TPSA) is 133 Å². The van der Waals surface area contributed by atoms with Gasteiger partial charge in [-0.15, -0.1) is 0 Å². The summed E-state index contributed by atoms with van der Waals surface area (Å²) in [5.41, 5.74) is 0.487. The van der Waals surface area contributed by atoms with Crippen molar-refractivity contribution in [1.29, 1.82) is 0 Å². The summed E-state index contributed by atoms with van der Waals surface area (Å²) in [5, 5.41) is 9.50. The summed E-state index contributed by atoms with van der Waals surface area (Å²) in [6.07, 6.45) is 1.32. The molecule has 2 aromatic carbocycles. The van der Waals surface area contributed by atoms with Gasteiger partial charge in [-0.25, -0.2) is 19.2 Å². The molecule has 1 aliphatic heterocycles. The number of halogens is 1. The maximum absolute atomic E-state index is 15.1. The normalized spacial score (nSPS) is 14.0. The molecule has 0 saturated carbocycles. The first kappa shape index (κ1) is 29.0. The zero-order valence-corrected chi connectivity index (χ0v) is 23.9. The monoisotopic (exact) mass is 580 g/mol. The van der Waals surface area contributed by atoms with Crippen LogP contribution in [0.15, 0.2) is 47.2 Å². The number of urea groups is 1. The highest BCUT2D eigenvalue weighted by Gasteiger charge is 2.21. The number of amides is 2. The molecule has 0 bridgehead atoms. The molecule has 0 unspecified atom stereocenters.